The molecule has 12 heteroatoms. The lowest BCUT2D eigenvalue weighted by Gasteiger charge is -2.34. The molecule has 4 N–H and O–H groups in total. The summed E-state index contributed by atoms with van der Waals surface area (Å²) in [6, 6.07) is 3.17. The Hall–Kier alpha value is -3.38. The van der Waals surface area contributed by atoms with Crippen molar-refractivity contribution in [3.05, 3.63) is 41.7 Å². The first-order valence-electron chi connectivity index (χ1n) is 11.8. The SMILES string of the molecule is CC(C)C[C@H](C(=O)N[C@@H](CCNC(=O)c1ccccn1)C(=O)Nc1nccs1)[C@H](C(C)C)N(O)C=O. The van der Waals surface area contributed by atoms with Crippen LogP contribution < -0.4 is 16.0 Å². The van der Waals surface area contributed by atoms with Gasteiger partial charge in [0.15, 0.2) is 5.13 Å². The highest BCUT2D eigenvalue weighted by molar-refractivity contribution is 7.13. The summed E-state index contributed by atoms with van der Waals surface area (Å²) >= 11 is 1.23. The van der Waals surface area contributed by atoms with Gasteiger partial charge in [0.2, 0.25) is 18.2 Å². The van der Waals surface area contributed by atoms with Crippen LogP contribution in [-0.4, -0.2) is 63.0 Å². The molecule has 196 valence electrons. The van der Waals surface area contributed by atoms with Crippen molar-refractivity contribution in [1.82, 2.24) is 25.7 Å². The van der Waals surface area contributed by atoms with Crippen LogP contribution in [-0.2, 0) is 14.4 Å². The lowest BCUT2D eigenvalue weighted by molar-refractivity contribution is -0.174. The maximum Gasteiger partial charge on any atom is 0.269 e. The minimum absolute atomic E-state index is 0.0855. The fourth-order valence-corrected chi connectivity index (χ4v) is 4.41. The van der Waals surface area contributed by atoms with Gasteiger partial charge in [-0.2, -0.15) is 0 Å². The number of nitrogens with one attached hydrogen (secondary N) is 3. The van der Waals surface area contributed by atoms with E-state index in [0.29, 0.717) is 16.6 Å². The molecule has 0 aromatic carbocycles. The van der Waals surface area contributed by atoms with Crippen LogP contribution >= 0.6 is 11.3 Å². The molecule has 0 radical (unpaired) electrons. The Morgan fingerprint density at radius 2 is 1.86 bits per heavy atom. The summed E-state index contributed by atoms with van der Waals surface area (Å²) in [5, 5.41) is 20.9. The third-order valence-electron chi connectivity index (χ3n) is 5.48. The van der Waals surface area contributed by atoms with Crippen LogP contribution in [0.4, 0.5) is 5.13 Å². The van der Waals surface area contributed by atoms with Gasteiger partial charge in [-0.1, -0.05) is 33.8 Å². The third-order valence-corrected chi connectivity index (χ3v) is 6.17. The lowest BCUT2D eigenvalue weighted by Crippen LogP contribution is -2.53. The number of anilines is 1. The van der Waals surface area contributed by atoms with Crippen LogP contribution in [0.25, 0.3) is 0 Å². The van der Waals surface area contributed by atoms with E-state index in [1.807, 2.05) is 13.8 Å². The zero-order valence-corrected chi connectivity index (χ0v) is 21.7. The number of amides is 4. The van der Waals surface area contributed by atoms with Gasteiger partial charge in [0.05, 0.1) is 12.0 Å². The number of hydrogen-bond acceptors (Lipinski definition) is 8. The van der Waals surface area contributed by atoms with Gasteiger partial charge in [-0.25, -0.2) is 10.0 Å². The van der Waals surface area contributed by atoms with E-state index in [1.165, 1.54) is 17.5 Å². The smallest absolute Gasteiger partial charge is 0.269 e. The summed E-state index contributed by atoms with van der Waals surface area (Å²) in [6.07, 6.45) is 3.81. The van der Waals surface area contributed by atoms with Gasteiger partial charge in [0, 0.05) is 24.3 Å². The zero-order chi connectivity index (χ0) is 26.7. The molecule has 3 atom stereocenters. The molecule has 0 spiro atoms. The summed E-state index contributed by atoms with van der Waals surface area (Å²) in [4.78, 5) is 58.2. The fraction of sp³-hybridized carbons (Fsp3) is 0.500. The molecule has 4 amide bonds. The molecule has 11 nitrogen and oxygen atoms in total. The van der Waals surface area contributed by atoms with Gasteiger partial charge in [0.1, 0.15) is 11.7 Å². The topological polar surface area (TPSA) is 154 Å². The Morgan fingerprint density at radius 1 is 1.11 bits per heavy atom. The van der Waals surface area contributed by atoms with Crippen molar-refractivity contribution in [3.63, 3.8) is 0 Å². The number of aromatic nitrogens is 2. The maximum absolute atomic E-state index is 13.4. The first-order valence-corrected chi connectivity index (χ1v) is 12.6. The quantitative estimate of drug-likeness (QED) is 0.170. The Morgan fingerprint density at radius 3 is 2.42 bits per heavy atom. The van der Waals surface area contributed by atoms with Crippen LogP contribution in [0.2, 0.25) is 0 Å². The number of pyridine rings is 1. The Kier molecular flexibility index (Phi) is 11.4. The van der Waals surface area contributed by atoms with E-state index in [0.717, 1.165) is 0 Å². The number of thiazole rings is 1. The summed E-state index contributed by atoms with van der Waals surface area (Å²) in [6.45, 7) is 7.56. The zero-order valence-electron chi connectivity index (χ0n) is 20.9. The molecule has 0 unspecified atom stereocenters. The second-order valence-corrected chi connectivity index (χ2v) is 10.00. The van der Waals surface area contributed by atoms with Crippen molar-refractivity contribution >= 4 is 40.6 Å². The number of nitrogens with zero attached hydrogens (tertiary/aromatic N) is 3. The van der Waals surface area contributed by atoms with Crippen molar-refractivity contribution < 1.29 is 24.4 Å². The molecule has 0 aliphatic heterocycles. The molecule has 2 aromatic rings. The summed E-state index contributed by atoms with van der Waals surface area (Å²) in [5.74, 6) is -2.28. The van der Waals surface area contributed by atoms with E-state index < -0.39 is 35.7 Å². The first kappa shape index (κ1) is 28.9. The van der Waals surface area contributed by atoms with Crippen LogP contribution in [0, 0.1) is 17.8 Å². The van der Waals surface area contributed by atoms with Crippen molar-refractivity contribution in [2.24, 2.45) is 17.8 Å². The third kappa shape index (κ3) is 8.68. The van der Waals surface area contributed by atoms with Gasteiger partial charge in [-0.3, -0.25) is 29.4 Å². The molecule has 0 aliphatic carbocycles. The molecule has 2 aromatic heterocycles. The van der Waals surface area contributed by atoms with Gasteiger partial charge in [0.25, 0.3) is 5.91 Å². The first-order chi connectivity index (χ1) is 17.1. The van der Waals surface area contributed by atoms with Gasteiger partial charge in [-0.15, -0.1) is 11.3 Å². The standard InChI is InChI=1S/C24H34N6O5S/c1-15(2)13-17(20(16(3)4)30(35)14-31)21(32)28-19(23(34)29-24-27-11-12-36-24)8-10-26-22(33)18-7-5-6-9-25-18/h5-7,9,11-12,14-17,19-20,35H,8,10,13H2,1-4H3,(H,26,33)(H,28,32)(H,27,29,34)/t17-,19-,20-/m0/s1. The fourth-order valence-electron chi connectivity index (χ4n) is 3.88. The highest BCUT2D eigenvalue weighted by Gasteiger charge is 2.36. The van der Waals surface area contributed by atoms with Gasteiger partial charge >= 0.3 is 0 Å². The average molecular weight is 519 g/mol. The number of hydroxylamine groups is 2. The predicted molar refractivity (Wildman–Crippen MR) is 135 cm³/mol. The van der Waals surface area contributed by atoms with E-state index in [2.05, 4.69) is 25.9 Å². The normalized spacial score (nSPS) is 13.5. The van der Waals surface area contributed by atoms with E-state index in [4.69, 9.17) is 0 Å². The van der Waals surface area contributed by atoms with Crippen molar-refractivity contribution in [2.75, 3.05) is 11.9 Å². The Balaban J connectivity index is 2.19. The van der Waals surface area contributed by atoms with Crippen molar-refractivity contribution in [1.29, 1.82) is 0 Å². The van der Waals surface area contributed by atoms with Crippen LogP contribution in [0.3, 0.4) is 0 Å². The van der Waals surface area contributed by atoms with Gasteiger partial charge < -0.3 is 16.0 Å². The van der Waals surface area contributed by atoms with E-state index in [1.54, 1.807) is 43.6 Å². The summed E-state index contributed by atoms with van der Waals surface area (Å²) in [7, 11) is 0. The number of carbonyl (C=O) groups excluding carboxylic acids is 4. The predicted octanol–water partition coefficient (Wildman–Crippen LogP) is 2.32. The largest absolute Gasteiger partial charge is 0.351 e. The lowest BCUT2D eigenvalue weighted by atomic mass is 9.83. The molecule has 2 heterocycles. The van der Waals surface area contributed by atoms with E-state index in [9.17, 15) is 24.4 Å². The molecule has 0 saturated heterocycles. The average Bonchev–Trinajstić information content (AvgIpc) is 3.35. The van der Waals surface area contributed by atoms with Crippen molar-refractivity contribution in [3.8, 4) is 0 Å². The molecule has 0 saturated carbocycles. The van der Waals surface area contributed by atoms with Crippen LogP contribution in [0.1, 0.15) is 51.0 Å². The molecule has 0 aliphatic rings. The van der Waals surface area contributed by atoms with Crippen LogP contribution in [0.15, 0.2) is 36.0 Å². The summed E-state index contributed by atoms with van der Waals surface area (Å²) in [5.41, 5.74) is 0.235. The monoisotopic (exact) mass is 518 g/mol. The van der Waals surface area contributed by atoms with Crippen LogP contribution in [0.5, 0.6) is 0 Å². The molecule has 2 rings (SSSR count). The number of rotatable bonds is 14. The van der Waals surface area contributed by atoms with Crippen molar-refractivity contribution in [2.45, 2.75) is 52.6 Å². The number of hydrogen-bond donors (Lipinski definition) is 4. The number of carbonyl (C=O) groups is 4. The second-order valence-electron chi connectivity index (χ2n) is 9.10. The molecule has 0 bridgehead atoms. The van der Waals surface area contributed by atoms with E-state index >= 15 is 0 Å². The minimum atomic E-state index is -1.00. The summed E-state index contributed by atoms with van der Waals surface area (Å²) < 4.78 is 0. The second kappa shape index (κ2) is 14.2. The Bertz CT molecular complexity index is 986. The highest BCUT2D eigenvalue weighted by Crippen LogP contribution is 2.25. The molecular weight excluding hydrogens is 484 g/mol. The molecular formula is C24H34N6O5S. The minimum Gasteiger partial charge on any atom is -0.351 e. The Labute approximate surface area is 214 Å². The van der Waals surface area contributed by atoms with Gasteiger partial charge in [-0.05, 0) is 36.8 Å². The molecule has 36 heavy (non-hydrogen) atoms. The molecule has 0 fully saturated rings. The van der Waals surface area contributed by atoms with E-state index in [-0.39, 0.29) is 36.9 Å². The maximum atomic E-state index is 13.4. The highest BCUT2D eigenvalue weighted by atomic mass is 32.1.